The van der Waals surface area contributed by atoms with Gasteiger partial charge in [-0.25, -0.2) is 8.42 Å². The Morgan fingerprint density at radius 1 is 1.36 bits per heavy atom. The van der Waals surface area contributed by atoms with Gasteiger partial charge in [0.05, 0.1) is 18.2 Å². The van der Waals surface area contributed by atoms with Crippen LogP contribution < -0.4 is 5.32 Å². The Morgan fingerprint density at radius 3 is 2.55 bits per heavy atom. The molecule has 0 radical (unpaired) electrons. The largest absolute Gasteiger partial charge is 0.481 e. The van der Waals surface area contributed by atoms with Gasteiger partial charge in [-0.1, -0.05) is 12.1 Å². The molecule has 0 aliphatic rings. The summed E-state index contributed by atoms with van der Waals surface area (Å²) in [6, 6.07) is 6.47. The first-order valence-corrected chi connectivity index (χ1v) is 8.35. The van der Waals surface area contributed by atoms with Gasteiger partial charge in [-0.3, -0.25) is 9.59 Å². The number of rotatable bonds is 7. The summed E-state index contributed by atoms with van der Waals surface area (Å²) in [5, 5.41) is 11.5. The van der Waals surface area contributed by atoms with Crippen molar-refractivity contribution in [1.29, 1.82) is 0 Å². The van der Waals surface area contributed by atoms with E-state index in [9.17, 15) is 18.0 Å². The monoisotopic (exact) mass is 328 g/mol. The Balaban J connectivity index is 2.77. The van der Waals surface area contributed by atoms with Gasteiger partial charge in [0.25, 0.3) is 0 Å². The molecule has 0 saturated heterocycles. The average molecular weight is 328 g/mol. The summed E-state index contributed by atoms with van der Waals surface area (Å²) in [7, 11) is -2.09. The van der Waals surface area contributed by atoms with E-state index in [4.69, 9.17) is 5.11 Å². The zero-order valence-corrected chi connectivity index (χ0v) is 13.6. The molecule has 0 aliphatic heterocycles. The maximum atomic E-state index is 11.9. The van der Waals surface area contributed by atoms with Gasteiger partial charge in [0.15, 0.2) is 0 Å². The molecule has 122 valence electrons. The molecule has 1 aromatic carbocycles. The second-order valence-electron chi connectivity index (χ2n) is 4.89. The molecule has 0 spiro atoms. The van der Waals surface area contributed by atoms with E-state index in [1.165, 1.54) is 14.0 Å². The molecule has 8 heteroatoms. The van der Waals surface area contributed by atoms with Crippen molar-refractivity contribution in [1.82, 2.24) is 4.31 Å². The average Bonchev–Trinajstić information content (AvgIpc) is 2.46. The Morgan fingerprint density at radius 2 is 2.00 bits per heavy atom. The highest BCUT2D eigenvalue weighted by Crippen LogP contribution is 2.19. The van der Waals surface area contributed by atoms with E-state index >= 15 is 0 Å². The molecule has 1 unspecified atom stereocenters. The van der Waals surface area contributed by atoms with E-state index in [0.717, 1.165) is 4.31 Å². The second kappa shape index (κ2) is 7.37. The first kappa shape index (κ1) is 18.1. The molecule has 0 aromatic heterocycles. The van der Waals surface area contributed by atoms with Crippen molar-refractivity contribution in [3.63, 3.8) is 0 Å². The predicted molar refractivity (Wildman–Crippen MR) is 83.2 cm³/mol. The van der Waals surface area contributed by atoms with Gasteiger partial charge in [0.2, 0.25) is 15.9 Å². The fourth-order valence-electron chi connectivity index (χ4n) is 1.75. The lowest BCUT2D eigenvalue weighted by atomic mass is 10.0. The number of hydrogen-bond acceptors (Lipinski definition) is 4. The van der Waals surface area contributed by atoms with Crippen molar-refractivity contribution in [2.24, 2.45) is 0 Å². The van der Waals surface area contributed by atoms with Crippen LogP contribution in [0, 0.1) is 0 Å². The molecule has 1 atom stereocenters. The zero-order valence-electron chi connectivity index (χ0n) is 12.7. The summed E-state index contributed by atoms with van der Waals surface area (Å²) >= 11 is 0. The van der Waals surface area contributed by atoms with Gasteiger partial charge in [-0.15, -0.1) is 0 Å². The third-order valence-electron chi connectivity index (χ3n) is 3.25. The van der Waals surface area contributed by atoms with E-state index in [0.29, 0.717) is 11.3 Å². The van der Waals surface area contributed by atoms with Gasteiger partial charge in [-0.2, -0.15) is 4.31 Å². The molecule has 7 nitrogen and oxygen atoms in total. The normalized spacial score (nSPS) is 12.9. The van der Waals surface area contributed by atoms with Crippen LogP contribution in [0.2, 0.25) is 0 Å². The fraction of sp³-hybridized carbons (Fsp3) is 0.429. The maximum absolute atomic E-state index is 11.9. The third-order valence-corrected chi connectivity index (χ3v) is 5.06. The highest BCUT2D eigenvalue weighted by atomic mass is 32.2. The van der Waals surface area contributed by atoms with Gasteiger partial charge in [-0.05, 0) is 31.5 Å². The molecule has 1 aromatic rings. The lowest BCUT2D eigenvalue weighted by Gasteiger charge is -2.16. The molecule has 0 heterocycles. The highest BCUT2D eigenvalue weighted by molar-refractivity contribution is 7.89. The van der Waals surface area contributed by atoms with Crippen LogP contribution in [-0.2, 0) is 19.6 Å². The molecule has 0 aliphatic carbocycles. The number of aliphatic carboxylic acids is 1. The Hall–Kier alpha value is -1.93. The van der Waals surface area contributed by atoms with Crippen molar-refractivity contribution in [2.45, 2.75) is 19.8 Å². The fourth-order valence-corrected chi connectivity index (χ4v) is 2.50. The van der Waals surface area contributed by atoms with E-state index < -0.39 is 27.8 Å². The predicted octanol–water partition coefficient (Wildman–Crippen LogP) is 1.09. The second-order valence-corrected chi connectivity index (χ2v) is 7.25. The van der Waals surface area contributed by atoms with Crippen LogP contribution in [0.4, 0.5) is 5.69 Å². The molecule has 22 heavy (non-hydrogen) atoms. The number of carboxylic acids is 1. The topological polar surface area (TPSA) is 104 Å². The number of hydrogen-bond donors (Lipinski definition) is 2. The number of nitrogens with one attached hydrogen (secondary N) is 1. The van der Waals surface area contributed by atoms with Crippen LogP contribution in [0.1, 0.15) is 25.3 Å². The Bertz CT molecular complexity index is 657. The van der Waals surface area contributed by atoms with Crippen molar-refractivity contribution in [2.75, 3.05) is 24.7 Å². The summed E-state index contributed by atoms with van der Waals surface area (Å²) in [6.45, 7) is 2.75. The standard InChI is InChI=1S/C14H20N2O5S/c1-4-22(20,21)16(3)9-13(17)15-12-7-5-6-11(8-12)10(2)14(18)19/h5-8,10H,4,9H2,1-3H3,(H,15,17)(H,18,19). The minimum absolute atomic E-state index is 0.0810. The van der Waals surface area contributed by atoms with Crippen LogP contribution in [0.5, 0.6) is 0 Å². The van der Waals surface area contributed by atoms with E-state index in [-0.39, 0.29) is 12.3 Å². The minimum Gasteiger partial charge on any atom is -0.481 e. The zero-order chi connectivity index (χ0) is 16.9. The minimum atomic E-state index is -3.42. The highest BCUT2D eigenvalue weighted by Gasteiger charge is 2.19. The summed E-state index contributed by atoms with van der Waals surface area (Å²) in [5.74, 6) is -2.22. The number of nitrogens with zero attached hydrogens (tertiary/aromatic N) is 1. The van der Waals surface area contributed by atoms with Crippen molar-refractivity contribution >= 4 is 27.6 Å². The number of sulfonamides is 1. The van der Waals surface area contributed by atoms with E-state index in [2.05, 4.69) is 5.32 Å². The molecular formula is C14H20N2O5S. The molecule has 0 bridgehead atoms. The van der Waals surface area contributed by atoms with Crippen LogP contribution in [0.25, 0.3) is 0 Å². The molecule has 2 N–H and O–H groups in total. The van der Waals surface area contributed by atoms with Crippen LogP contribution in [-0.4, -0.2) is 49.1 Å². The summed E-state index contributed by atoms with van der Waals surface area (Å²) in [5.41, 5.74) is 0.984. The summed E-state index contributed by atoms with van der Waals surface area (Å²) in [4.78, 5) is 22.8. The number of carbonyl (C=O) groups excluding carboxylic acids is 1. The number of benzene rings is 1. The quantitative estimate of drug-likeness (QED) is 0.780. The van der Waals surface area contributed by atoms with Crippen LogP contribution in [0.3, 0.4) is 0 Å². The first-order chi connectivity index (χ1) is 10.2. The lowest BCUT2D eigenvalue weighted by Crippen LogP contribution is -2.35. The van der Waals surface area contributed by atoms with E-state index in [1.54, 1.807) is 31.2 Å². The van der Waals surface area contributed by atoms with Gasteiger partial charge < -0.3 is 10.4 Å². The number of likely N-dealkylation sites (N-methyl/N-ethyl adjacent to an activating group) is 1. The number of amides is 1. The maximum Gasteiger partial charge on any atom is 0.310 e. The molecule has 0 fully saturated rings. The summed E-state index contributed by atoms with van der Waals surface area (Å²) in [6.07, 6.45) is 0. The van der Waals surface area contributed by atoms with Crippen molar-refractivity contribution in [3.8, 4) is 0 Å². The Labute approximate surface area is 130 Å². The van der Waals surface area contributed by atoms with Crippen LogP contribution >= 0.6 is 0 Å². The Kier molecular flexibility index (Phi) is 6.07. The molecule has 1 amide bonds. The number of anilines is 1. The van der Waals surface area contributed by atoms with E-state index in [1.807, 2.05) is 0 Å². The molecular weight excluding hydrogens is 308 g/mol. The summed E-state index contributed by atoms with van der Waals surface area (Å²) < 4.78 is 24.2. The first-order valence-electron chi connectivity index (χ1n) is 6.74. The van der Waals surface area contributed by atoms with Gasteiger partial charge in [0, 0.05) is 12.7 Å². The van der Waals surface area contributed by atoms with Crippen molar-refractivity contribution in [3.05, 3.63) is 29.8 Å². The third kappa shape index (κ3) is 4.81. The smallest absolute Gasteiger partial charge is 0.310 e. The van der Waals surface area contributed by atoms with Gasteiger partial charge >= 0.3 is 5.97 Å². The number of carboxylic acid groups (broad SMARTS) is 1. The van der Waals surface area contributed by atoms with Gasteiger partial charge in [0.1, 0.15) is 0 Å². The van der Waals surface area contributed by atoms with Crippen molar-refractivity contribution < 1.29 is 23.1 Å². The molecule has 1 rings (SSSR count). The number of carbonyl (C=O) groups is 2. The lowest BCUT2D eigenvalue weighted by molar-refractivity contribution is -0.138. The molecule has 0 saturated carbocycles. The van der Waals surface area contributed by atoms with Crippen LogP contribution in [0.15, 0.2) is 24.3 Å². The SMILES string of the molecule is CCS(=O)(=O)N(C)CC(=O)Nc1cccc(C(C)C(=O)O)c1.